The zero-order chi connectivity index (χ0) is 20.5. The van der Waals surface area contributed by atoms with Crippen molar-refractivity contribution < 1.29 is 18.7 Å². The summed E-state index contributed by atoms with van der Waals surface area (Å²) in [5.41, 5.74) is 0.358. The van der Waals surface area contributed by atoms with Crippen LogP contribution in [0.25, 0.3) is 6.08 Å². The Kier molecular flexibility index (Phi) is 7.78. The van der Waals surface area contributed by atoms with Crippen molar-refractivity contribution >= 4 is 33.6 Å². The predicted molar refractivity (Wildman–Crippen MR) is 110 cm³/mol. The van der Waals surface area contributed by atoms with E-state index in [-0.39, 0.29) is 11.3 Å². The summed E-state index contributed by atoms with van der Waals surface area (Å²) in [5, 5.41) is 11.8. The fraction of sp³-hybridized carbons (Fsp3) is 0.143. The van der Waals surface area contributed by atoms with E-state index in [1.165, 1.54) is 24.3 Å². The average Bonchev–Trinajstić information content (AvgIpc) is 2.67. The molecule has 0 unspecified atom stereocenters. The van der Waals surface area contributed by atoms with Crippen LogP contribution in [0, 0.1) is 17.1 Å². The van der Waals surface area contributed by atoms with Crippen LogP contribution in [0.1, 0.15) is 12.5 Å². The van der Waals surface area contributed by atoms with E-state index in [0.29, 0.717) is 34.7 Å². The maximum Gasteiger partial charge on any atom is 0.266 e. The van der Waals surface area contributed by atoms with Crippen molar-refractivity contribution in [3.05, 3.63) is 70.5 Å². The first kappa shape index (κ1) is 21.2. The van der Waals surface area contributed by atoms with E-state index < -0.39 is 11.7 Å². The summed E-state index contributed by atoms with van der Waals surface area (Å²) in [7, 11) is 0. The summed E-state index contributed by atoms with van der Waals surface area (Å²) in [6, 6.07) is 10.9. The van der Waals surface area contributed by atoms with Gasteiger partial charge in [0.05, 0.1) is 16.8 Å². The van der Waals surface area contributed by atoms with Crippen molar-refractivity contribution in [1.82, 2.24) is 0 Å². The zero-order valence-electron chi connectivity index (χ0n) is 15.2. The summed E-state index contributed by atoms with van der Waals surface area (Å²) in [4.78, 5) is 12.4. The molecule has 0 aliphatic carbocycles. The Morgan fingerprint density at radius 2 is 2.11 bits per heavy atom. The molecule has 0 spiro atoms. The Hall–Kier alpha value is -3.11. The number of benzene rings is 2. The van der Waals surface area contributed by atoms with Crippen molar-refractivity contribution in [1.29, 1.82) is 5.26 Å². The molecule has 0 saturated heterocycles. The van der Waals surface area contributed by atoms with Gasteiger partial charge in [-0.1, -0.05) is 24.8 Å². The van der Waals surface area contributed by atoms with Gasteiger partial charge in [0.2, 0.25) is 0 Å². The Bertz CT molecular complexity index is 951. The Balaban J connectivity index is 2.35. The van der Waals surface area contributed by atoms with Crippen LogP contribution >= 0.6 is 15.9 Å². The monoisotopic (exact) mass is 444 g/mol. The van der Waals surface area contributed by atoms with Crippen LogP contribution in [0.15, 0.2) is 59.1 Å². The van der Waals surface area contributed by atoms with E-state index in [2.05, 4.69) is 27.8 Å². The number of nitriles is 1. The number of para-hydroxylation sites is 1. The number of rotatable bonds is 8. The third kappa shape index (κ3) is 5.44. The van der Waals surface area contributed by atoms with E-state index >= 15 is 0 Å². The van der Waals surface area contributed by atoms with Crippen molar-refractivity contribution in [2.24, 2.45) is 0 Å². The molecule has 28 heavy (non-hydrogen) atoms. The van der Waals surface area contributed by atoms with Gasteiger partial charge in [0, 0.05) is 0 Å². The number of hydrogen-bond donors (Lipinski definition) is 1. The maximum absolute atomic E-state index is 13.7. The molecule has 0 fully saturated rings. The number of nitrogens with one attached hydrogen (secondary N) is 1. The van der Waals surface area contributed by atoms with E-state index in [9.17, 15) is 14.4 Å². The highest BCUT2D eigenvalue weighted by atomic mass is 79.9. The third-order valence-electron chi connectivity index (χ3n) is 3.48. The van der Waals surface area contributed by atoms with Crippen LogP contribution in [0.2, 0.25) is 0 Å². The predicted octanol–water partition coefficient (Wildman–Crippen LogP) is 5.10. The fourth-order valence-electron chi connectivity index (χ4n) is 2.28. The maximum atomic E-state index is 13.7. The summed E-state index contributed by atoms with van der Waals surface area (Å²) in [5.74, 6) is -0.350. The van der Waals surface area contributed by atoms with E-state index in [0.717, 1.165) is 0 Å². The summed E-state index contributed by atoms with van der Waals surface area (Å²) >= 11 is 3.41. The summed E-state index contributed by atoms with van der Waals surface area (Å²) < 4.78 is 25.5. The highest BCUT2D eigenvalue weighted by Gasteiger charge is 2.15. The molecule has 1 amide bonds. The molecule has 144 valence electrons. The highest BCUT2D eigenvalue weighted by molar-refractivity contribution is 9.10. The van der Waals surface area contributed by atoms with Crippen molar-refractivity contribution in [3.63, 3.8) is 0 Å². The smallest absolute Gasteiger partial charge is 0.266 e. The summed E-state index contributed by atoms with van der Waals surface area (Å²) in [6.45, 7) is 6.14. The van der Waals surface area contributed by atoms with Gasteiger partial charge in [0.15, 0.2) is 11.5 Å². The first-order valence-electron chi connectivity index (χ1n) is 8.37. The number of nitrogens with zero attached hydrogens (tertiary/aromatic N) is 1. The lowest BCUT2D eigenvalue weighted by atomic mass is 10.1. The normalized spacial score (nSPS) is 10.7. The second kappa shape index (κ2) is 10.3. The molecular formula is C21H18BrFN2O3. The average molecular weight is 445 g/mol. The van der Waals surface area contributed by atoms with Gasteiger partial charge >= 0.3 is 0 Å². The van der Waals surface area contributed by atoms with Gasteiger partial charge in [-0.15, -0.1) is 0 Å². The number of carbonyl (C=O) groups excluding carboxylic acids is 1. The molecule has 2 rings (SSSR count). The van der Waals surface area contributed by atoms with E-state index in [4.69, 9.17) is 9.47 Å². The van der Waals surface area contributed by atoms with Crippen LogP contribution in [0.5, 0.6) is 11.5 Å². The quantitative estimate of drug-likeness (QED) is 0.349. The van der Waals surface area contributed by atoms with Gasteiger partial charge in [-0.05, 0) is 58.8 Å². The molecule has 0 aliphatic heterocycles. The molecule has 0 heterocycles. The first-order valence-corrected chi connectivity index (χ1v) is 9.17. The van der Waals surface area contributed by atoms with E-state index in [1.54, 1.807) is 24.3 Å². The molecule has 0 aromatic heterocycles. The van der Waals surface area contributed by atoms with Crippen LogP contribution in [0.3, 0.4) is 0 Å². The molecule has 0 aliphatic rings. The topological polar surface area (TPSA) is 71.3 Å². The lowest BCUT2D eigenvalue weighted by Gasteiger charge is -2.14. The van der Waals surface area contributed by atoms with Gasteiger partial charge < -0.3 is 14.8 Å². The van der Waals surface area contributed by atoms with Crippen LogP contribution in [-0.2, 0) is 4.79 Å². The zero-order valence-corrected chi connectivity index (χ0v) is 16.8. The molecule has 2 aromatic carbocycles. The van der Waals surface area contributed by atoms with Gasteiger partial charge in [-0.2, -0.15) is 5.26 Å². The molecule has 2 aromatic rings. The Morgan fingerprint density at radius 1 is 1.36 bits per heavy atom. The number of anilines is 1. The molecular weight excluding hydrogens is 427 g/mol. The minimum atomic E-state index is -0.714. The minimum Gasteiger partial charge on any atom is -0.490 e. The lowest BCUT2D eigenvalue weighted by molar-refractivity contribution is -0.112. The molecule has 7 heteroatoms. The number of hydrogen-bond acceptors (Lipinski definition) is 4. The van der Waals surface area contributed by atoms with Crippen LogP contribution < -0.4 is 14.8 Å². The molecule has 5 nitrogen and oxygen atoms in total. The van der Waals surface area contributed by atoms with Crippen LogP contribution in [0.4, 0.5) is 10.1 Å². The molecule has 1 N–H and O–H groups in total. The SMILES string of the molecule is C=CCOc1c(Br)cc(/C=C(/C#N)C(=O)Nc2ccccc2F)cc1OCC. The standard InChI is InChI=1S/C21H18BrFN2O3/c1-3-9-28-20-16(22)11-14(12-19(20)27-4-2)10-15(13-24)21(26)25-18-8-6-5-7-17(18)23/h3,5-8,10-12H,1,4,9H2,2H3,(H,25,26)/b15-10-. The Morgan fingerprint density at radius 3 is 2.75 bits per heavy atom. The molecule has 0 bridgehead atoms. The number of ether oxygens (including phenoxy) is 2. The van der Waals surface area contributed by atoms with Gasteiger partial charge in [-0.25, -0.2) is 4.39 Å². The van der Waals surface area contributed by atoms with Gasteiger partial charge in [-0.3, -0.25) is 4.79 Å². The molecule has 0 saturated carbocycles. The number of halogens is 2. The van der Waals surface area contributed by atoms with Crippen molar-refractivity contribution in [3.8, 4) is 17.6 Å². The highest BCUT2D eigenvalue weighted by Crippen LogP contribution is 2.37. The fourth-order valence-corrected chi connectivity index (χ4v) is 2.86. The number of carbonyl (C=O) groups is 1. The van der Waals surface area contributed by atoms with Gasteiger partial charge in [0.25, 0.3) is 5.91 Å². The number of amides is 1. The van der Waals surface area contributed by atoms with Crippen molar-refractivity contribution in [2.75, 3.05) is 18.5 Å². The van der Waals surface area contributed by atoms with Gasteiger partial charge in [0.1, 0.15) is 24.1 Å². The molecule has 0 radical (unpaired) electrons. The van der Waals surface area contributed by atoms with E-state index in [1.807, 2.05) is 13.0 Å². The first-order chi connectivity index (χ1) is 13.5. The molecule has 0 atom stereocenters. The second-order valence-corrected chi connectivity index (χ2v) is 6.32. The minimum absolute atomic E-state index is 0.00184. The summed E-state index contributed by atoms with van der Waals surface area (Å²) in [6.07, 6.45) is 3.00. The third-order valence-corrected chi connectivity index (χ3v) is 4.06. The lowest BCUT2D eigenvalue weighted by Crippen LogP contribution is -2.14. The second-order valence-electron chi connectivity index (χ2n) is 5.47. The van der Waals surface area contributed by atoms with Crippen molar-refractivity contribution in [2.45, 2.75) is 6.92 Å². The van der Waals surface area contributed by atoms with Crippen LogP contribution in [-0.4, -0.2) is 19.1 Å². The Labute approximate surface area is 171 Å². The largest absolute Gasteiger partial charge is 0.490 e.